The fourth-order valence-electron chi connectivity index (χ4n) is 1.85. The van der Waals surface area contributed by atoms with Crippen molar-refractivity contribution in [3.8, 4) is 0 Å². The van der Waals surface area contributed by atoms with Crippen LogP contribution in [0.15, 0.2) is 41.0 Å². The number of benzene rings is 1. The van der Waals surface area contributed by atoms with Gasteiger partial charge in [0.2, 0.25) is 0 Å². The van der Waals surface area contributed by atoms with Crippen LogP contribution in [0, 0.1) is 12.7 Å². The number of amides is 1. The van der Waals surface area contributed by atoms with E-state index in [1.54, 1.807) is 18.4 Å². The van der Waals surface area contributed by atoms with Gasteiger partial charge in [-0.15, -0.1) is 0 Å². The van der Waals surface area contributed by atoms with Gasteiger partial charge in [-0.2, -0.15) is 0 Å². The summed E-state index contributed by atoms with van der Waals surface area (Å²) in [5.41, 5.74) is 0.926. The Kier molecular flexibility index (Phi) is 5.51. The minimum absolute atomic E-state index is 0.0755. The van der Waals surface area contributed by atoms with Crippen molar-refractivity contribution < 1.29 is 18.3 Å². The van der Waals surface area contributed by atoms with Gasteiger partial charge in [0.05, 0.1) is 11.8 Å². The van der Waals surface area contributed by atoms with Crippen molar-refractivity contribution >= 4 is 5.91 Å². The smallest absolute Gasteiger partial charge is 0.254 e. The van der Waals surface area contributed by atoms with Crippen molar-refractivity contribution in [1.82, 2.24) is 5.32 Å². The summed E-state index contributed by atoms with van der Waals surface area (Å²) in [6.07, 6.45) is 2.25. The van der Waals surface area contributed by atoms with Gasteiger partial charge in [0, 0.05) is 13.2 Å². The van der Waals surface area contributed by atoms with Gasteiger partial charge in [-0.05, 0) is 37.6 Å². The predicted octanol–water partition coefficient (Wildman–Crippen LogP) is 3.06. The number of halogens is 1. The summed E-state index contributed by atoms with van der Waals surface area (Å²) in [7, 11) is 0. The molecular formula is C16H18FNO3. The highest BCUT2D eigenvalue weighted by atomic mass is 19.1. The molecule has 0 aliphatic heterocycles. The number of rotatable bonds is 7. The van der Waals surface area contributed by atoms with Gasteiger partial charge in [0.25, 0.3) is 5.91 Å². The largest absolute Gasteiger partial charge is 0.467 e. The lowest BCUT2D eigenvalue weighted by Gasteiger charge is -2.07. The van der Waals surface area contributed by atoms with Gasteiger partial charge in [-0.25, -0.2) is 4.39 Å². The van der Waals surface area contributed by atoms with Crippen molar-refractivity contribution in [2.75, 3.05) is 13.2 Å². The maximum absolute atomic E-state index is 13.5. The van der Waals surface area contributed by atoms with E-state index in [2.05, 4.69) is 5.32 Å². The number of hydrogen-bond acceptors (Lipinski definition) is 3. The molecule has 0 fully saturated rings. The molecule has 0 saturated heterocycles. The highest BCUT2D eigenvalue weighted by Crippen LogP contribution is 2.09. The van der Waals surface area contributed by atoms with Crippen LogP contribution < -0.4 is 5.32 Å². The molecule has 5 heteroatoms. The van der Waals surface area contributed by atoms with Crippen LogP contribution in [0.25, 0.3) is 0 Å². The molecule has 1 N–H and O–H groups in total. The summed E-state index contributed by atoms with van der Waals surface area (Å²) in [5.74, 6) is -0.143. The summed E-state index contributed by atoms with van der Waals surface area (Å²) in [6, 6.07) is 8.11. The average Bonchev–Trinajstić information content (AvgIpc) is 2.98. The number of hydrogen-bond donors (Lipinski definition) is 1. The number of nitrogens with one attached hydrogen (secondary N) is 1. The normalized spacial score (nSPS) is 10.6. The Morgan fingerprint density at radius 2 is 2.24 bits per heavy atom. The Bertz CT molecular complexity index is 581. The molecule has 1 amide bonds. The number of carbonyl (C=O) groups is 1. The number of furan rings is 1. The Labute approximate surface area is 122 Å². The average molecular weight is 291 g/mol. The zero-order valence-electron chi connectivity index (χ0n) is 11.9. The lowest BCUT2D eigenvalue weighted by Crippen LogP contribution is -2.26. The predicted molar refractivity (Wildman–Crippen MR) is 76.5 cm³/mol. The quantitative estimate of drug-likeness (QED) is 0.798. The summed E-state index contributed by atoms with van der Waals surface area (Å²) in [5, 5.41) is 2.68. The van der Waals surface area contributed by atoms with Crippen molar-refractivity contribution in [3.05, 3.63) is 59.3 Å². The Hall–Kier alpha value is -2.14. The van der Waals surface area contributed by atoms with Gasteiger partial charge in [0.1, 0.15) is 18.2 Å². The standard InChI is InChI=1S/C16H18FNO3/c1-12-5-6-15(17)14(10-12)16(19)18-7-3-8-20-11-13-4-2-9-21-13/h2,4-6,9-10H,3,7-8,11H2,1H3,(H,18,19). The second kappa shape index (κ2) is 7.59. The van der Waals surface area contributed by atoms with E-state index >= 15 is 0 Å². The van der Waals surface area contributed by atoms with Gasteiger partial charge in [-0.3, -0.25) is 4.79 Å². The summed E-state index contributed by atoms with van der Waals surface area (Å²) >= 11 is 0. The van der Waals surface area contributed by atoms with Crippen LogP contribution in [0.1, 0.15) is 28.1 Å². The first-order chi connectivity index (χ1) is 10.2. The molecule has 0 unspecified atom stereocenters. The third kappa shape index (κ3) is 4.72. The lowest BCUT2D eigenvalue weighted by molar-refractivity contribution is 0.0913. The van der Waals surface area contributed by atoms with Gasteiger partial charge < -0.3 is 14.5 Å². The topological polar surface area (TPSA) is 51.5 Å². The van der Waals surface area contributed by atoms with Gasteiger partial charge in [0.15, 0.2) is 0 Å². The van der Waals surface area contributed by atoms with Crippen molar-refractivity contribution in [2.24, 2.45) is 0 Å². The molecule has 0 aliphatic rings. The van der Waals surface area contributed by atoms with Crippen LogP contribution in [0.4, 0.5) is 4.39 Å². The Balaban J connectivity index is 1.66. The second-order valence-corrected chi connectivity index (χ2v) is 4.72. The molecule has 1 heterocycles. The molecule has 0 radical (unpaired) electrons. The first-order valence-electron chi connectivity index (χ1n) is 6.81. The van der Waals surface area contributed by atoms with Crippen LogP contribution in [0.5, 0.6) is 0 Å². The van der Waals surface area contributed by atoms with Crippen molar-refractivity contribution in [3.63, 3.8) is 0 Å². The molecule has 0 saturated carbocycles. The highest BCUT2D eigenvalue weighted by molar-refractivity contribution is 5.94. The second-order valence-electron chi connectivity index (χ2n) is 4.72. The third-order valence-corrected chi connectivity index (χ3v) is 2.94. The van der Waals surface area contributed by atoms with E-state index in [0.29, 0.717) is 26.2 Å². The lowest BCUT2D eigenvalue weighted by atomic mass is 10.1. The van der Waals surface area contributed by atoms with Gasteiger partial charge >= 0.3 is 0 Å². The fourth-order valence-corrected chi connectivity index (χ4v) is 1.85. The van der Waals surface area contributed by atoms with E-state index in [4.69, 9.17) is 9.15 Å². The maximum Gasteiger partial charge on any atom is 0.254 e. The van der Waals surface area contributed by atoms with Crippen molar-refractivity contribution in [1.29, 1.82) is 0 Å². The molecule has 0 bridgehead atoms. The molecule has 21 heavy (non-hydrogen) atoms. The molecule has 1 aromatic carbocycles. The zero-order valence-corrected chi connectivity index (χ0v) is 11.9. The summed E-state index contributed by atoms with van der Waals surface area (Å²) < 4.78 is 24.0. The van der Waals surface area contributed by atoms with E-state index in [0.717, 1.165) is 11.3 Å². The molecule has 112 valence electrons. The first-order valence-corrected chi connectivity index (χ1v) is 6.81. The minimum atomic E-state index is -0.507. The fraction of sp³-hybridized carbons (Fsp3) is 0.312. The molecule has 4 nitrogen and oxygen atoms in total. The number of carbonyl (C=O) groups excluding carboxylic acids is 1. The molecular weight excluding hydrogens is 273 g/mol. The van der Waals surface area contributed by atoms with E-state index in [-0.39, 0.29) is 5.56 Å². The van der Waals surface area contributed by atoms with Gasteiger partial charge in [-0.1, -0.05) is 11.6 Å². The Morgan fingerprint density at radius 3 is 3.00 bits per heavy atom. The van der Waals surface area contributed by atoms with E-state index in [1.807, 2.05) is 13.0 Å². The number of ether oxygens (including phenoxy) is 1. The van der Waals surface area contributed by atoms with Crippen LogP contribution in [-0.2, 0) is 11.3 Å². The molecule has 2 aromatic rings. The maximum atomic E-state index is 13.5. The van der Waals surface area contributed by atoms with Crippen LogP contribution in [0.3, 0.4) is 0 Å². The van der Waals surface area contributed by atoms with Crippen LogP contribution in [0.2, 0.25) is 0 Å². The van der Waals surface area contributed by atoms with Crippen LogP contribution >= 0.6 is 0 Å². The SMILES string of the molecule is Cc1ccc(F)c(C(=O)NCCCOCc2ccco2)c1. The van der Waals surface area contributed by atoms with E-state index < -0.39 is 11.7 Å². The molecule has 1 aromatic heterocycles. The molecule has 2 rings (SSSR count). The number of aryl methyl sites for hydroxylation is 1. The zero-order chi connectivity index (χ0) is 15.1. The monoisotopic (exact) mass is 291 g/mol. The van der Waals surface area contributed by atoms with E-state index in [9.17, 15) is 9.18 Å². The summed E-state index contributed by atoms with van der Waals surface area (Å²) in [4.78, 5) is 11.8. The summed E-state index contributed by atoms with van der Waals surface area (Å²) in [6.45, 7) is 3.16. The molecule has 0 spiro atoms. The highest BCUT2D eigenvalue weighted by Gasteiger charge is 2.10. The molecule has 0 aliphatic carbocycles. The third-order valence-electron chi connectivity index (χ3n) is 2.94. The van der Waals surface area contributed by atoms with Crippen molar-refractivity contribution in [2.45, 2.75) is 20.0 Å². The van der Waals surface area contributed by atoms with Crippen LogP contribution in [-0.4, -0.2) is 19.1 Å². The Morgan fingerprint density at radius 1 is 1.38 bits per heavy atom. The van der Waals surface area contributed by atoms with E-state index in [1.165, 1.54) is 12.1 Å². The molecule has 0 atom stereocenters. The first kappa shape index (κ1) is 15.3. The minimum Gasteiger partial charge on any atom is -0.467 e.